The fraction of sp³-hybridized carbons (Fsp3) is 0.167. The lowest BCUT2D eigenvalue weighted by atomic mass is 10.2. The lowest BCUT2D eigenvalue weighted by molar-refractivity contribution is 0.253. The summed E-state index contributed by atoms with van der Waals surface area (Å²) in [5, 5.41) is 4.11. The van der Waals surface area contributed by atoms with E-state index in [2.05, 4.69) is 17.4 Å². The van der Waals surface area contributed by atoms with E-state index in [0.29, 0.717) is 5.92 Å². The van der Waals surface area contributed by atoms with E-state index in [1.165, 1.54) is 12.8 Å². The second-order valence-electron chi connectivity index (χ2n) is 5.53. The average Bonchev–Trinajstić information content (AvgIpc) is 3.28. The van der Waals surface area contributed by atoms with Gasteiger partial charge in [-0.2, -0.15) is 0 Å². The summed E-state index contributed by atoms with van der Waals surface area (Å²) >= 11 is 0. The second kappa shape index (κ2) is 4.77. The zero-order chi connectivity index (χ0) is 14.2. The molecule has 104 valence electrons. The van der Waals surface area contributed by atoms with Gasteiger partial charge in [-0.3, -0.25) is 4.57 Å². The quantitative estimate of drug-likeness (QED) is 0.729. The van der Waals surface area contributed by atoms with Crippen molar-refractivity contribution >= 4 is 22.6 Å². The maximum Gasteiger partial charge on any atom is 0.330 e. The fourth-order valence-corrected chi connectivity index (χ4v) is 2.78. The normalized spacial score (nSPS) is 14.3. The number of benzene rings is 2. The number of fused-ring (bicyclic) bond motifs is 1. The zero-order valence-corrected chi connectivity index (χ0v) is 11.6. The van der Waals surface area contributed by atoms with E-state index >= 15 is 0 Å². The van der Waals surface area contributed by atoms with E-state index in [1.54, 1.807) is 0 Å². The number of para-hydroxylation sites is 2. The minimum absolute atomic E-state index is 0.0794. The summed E-state index contributed by atoms with van der Waals surface area (Å²) in [7, 11) is 0. The standard InChI is InChI=1S/C18H16N2O/c21-18(19-15-7-2-1-3-8-15)20-16-9-5-4-6-14(16)12-17(20)13-10-11-13/h1-9,12-13H,10-11H2,(H,19,21). The Morgan fingerprint density at radius 2 is 1.71 bits per heavy atom. The number of hydrogen-bond donors (Lipinski definition) is 1. The summed E-state index contributed by atoms with van der Waals surface area (Å²) in [5.74, 6) is 0.527. The highest BCUT2D eigenvalue weighted by Crippen LogP contribution is 2.42. The molecule has 1 aromatic heterocycles. The molecule has 1 heterocycles. The molecular formula is C18H16N2O. The van der Waals surface area contributed by atoms with Gasteiger partial charge in [0.25, 0.3) is 0 Å². The average molecular weight is 276 g/mol. The molecule has 21 heavy (non-hydrogen) atoms. The third kappa shape index (κ3) is 2.21. The molecule has 1 aliphatic carbocycles. The molecule has 0 aliphatic heterocycles. The molecule has 1 saturated carbocycles. The van der Waals surface area contributed by atoms with Gasteiger partial charge in [-0.05, 0) is 43.0 Å². The lowest BCUT2D eigenvalue weighted by Crippen LogP contribution is -2.21. The predicted molar refractivity (Wildman–Crippen MR) is 84.8 cm³/mol. The molecule has 4 rings (SSSR count). The maximum atomic E-state index is 12.7. The van der Waals surface area contributed by atoms with Crippen molar-refractivity contribution in [1.82, 2.24) is 4.57 Å². The van der Waals surface area contributed by atoms with E-state index < -0.39 is 0 Å². The summed E-state index contributed by atoms with van der Waals surface area (Å²) in [4.78, 5) is 12.7. The molecule has 3 aromatic rings. The monoisotopic (exact) mass is 276 g/mol. The van der Waals surface area contributed by atoms with Gasteiger partial charge in [0, 0.05) is 16.8 Å². The molecule has 0 bridgehead atoms. The van der Waals surface area contributed by atoms with Crippen LogP contribution in [0.1, 0.15) is 24.5 Å². The van der Waals surface area contributed by atoms with E-state index in [9.17, 15) is 4.79 Å². The van der Waals surface area contributed by atoms with Crippen LogP contribution in [0.3, 0.4) is 0 Å². The summed E-state index contributed by atoms with van der Waals surface area (Å²) in [6, 6.07) is 19.7. The number of carbonyl (C=O) groups excluding carboxylic acids is 1. The molecular weight excluding hydrogens is 260 g/mol. The van der Waals surface area contributed by atoms with Crippen molar-refractivity contribution in [3.63, 3.8) is 0 Å². The maximum absolute atomic E-state index is 12.7. The molecule has 1 aliphatic rings. The smallest absolute Gasteiger partial charge is 0.307 e. The topological polar surface area (TPSA) is 34.0 Å². The third-order valence-corrected chi connectivity index (χ3v) is 3.96. The fourth-order valence-electron chi connectivity index (χ4n) is 2.78. The molecule has 1 fully saturated rings. The van der Waals surface area contributed by atoms with Crippen LogP contribution in [0.2, 0.25) is 0 Å². The number of anilines is 1. The lowest BCUT2D eigenvalue weighted by Gasteiger charge is -2.10. The molecule has 1 amide bonds. The number of rotatable bonds is 2. The first kappa shape index (κ1) is 12.2. The first-order valence-electron chi connectivity index (χ1n) is 7.30. The molecule has 0 atom stereocenters. The number of nitrogens with one attached hydrogen (secondary N) is 1. The third-order valence-electron chi connectivity index (χ3n) is 3.96. The largest absolute Gasteiger partial charge is 0.330 e. The minimum Gasteiger partial charge on any atom is -0.307 e. The molecule has 0 radical (unpaired) electrons. The van der Waals surface area contributed by atoms with Crippen molar-refractivity contribution in [2.24, 2.45) is 0 Å². The number of aromatic nitrogens is 1. The van der Waals surface area contributed by atoms with Gasteiger partial charge in [-0.25, -0.2) is 4.79 Å². The summed E-state index contributed by atoms with van der Waals surface area (Å²) in [6.07, 6.45) is 2.35. The Kier molecular flexibility index (Phi) is 2.78. The molecule has 3 nitrogen and oxygen atoms in total. The van der Waals surface area contributed by atoms with Crippen LogP contribution < -0.4 is 5.32 Å². The van der Waals surface area contributed by atoms with Gasteiger partial charge in [0.2, 0.25) is 0 Å². The van der Waals surface area contributed by atoms with E-state index in [-0.39, 0.29) is 6.03 Å². The molecule has 0 spiro atoms. The Balaban J connectivity index is 1.77. The van der Waals surface area contributed by atoms with Gasteiger partial charge < -0.3 is 5.32 Å². The molecule has 0 unspecified atom stereocenters. The van der Waals surface area contributed by atoms with Gasteiger partial charge in [-0.15, -0.1) is 0 Å². The number of nitrogens with zero attached hydrogens (tertiary/aromatic N) is 1. The first-order chi connectivity index (χ1) is 10.3. The van der Waals surface area contributed by atoms with Gasteiger partial charge in [0.15, 0.2) is 0 Å². The predicted octanol–water partition coefficient (Wildman–Crippen LogP) is 4.60. The van der Waals surface area contributed by atoms with Crippen LogP contribution in [-0.2, 0) is 0 Å². The van der Waals surface area contributed by atoms with Crippen LogP contribution in [-0.4, -0.2) is 10.6 Å². The van der Waals surface area contributed by atoms with Crippen molar-refractivity contribution in [1.29, 1.82) is 0 Å². The van der Waals surface area contributed by atoms with Crippen molar-refractivity contribution in [3.8, 4) is 0 Å². The summed E-state index contributed by atoms with van der Waals surface area (Å²) < 4.78 is 1.83. The highest BCUT2D eigenvalue weighted by Gasteiger charge is 2.29. The highest BCUT2D eigenvalue weighted by molar-refractivity contribution is 5.99. The van der Waals surface area contributed by atoms with Crippen LogP contribution in [0.25, 0.3) is 10.9 Å². The Hall–Kier alpha value is -2.55. The first-order valence-corrected chi connectivity index (χ1v) is 7.30. The second-order valence-corrected chi connectivity index (χ2v) is 5.53. The molecule has 3 heteroatoms. The molecule has 0 saturated heterocycles. The van der Waals surface area contributed by atoms with Crippen molar-refractivity contribution in [2.75, 3.05) is 5.32 Å². The van der Waals surface area contributed by atoms with Crippen LogP contribution >= 0.6 is 0 Å². The number of carbonyl (C=O) groups is 1. The van der Waals surface area contributed by atoms with Crippen molar-refractivity contribution in [3.05, 3.63) is 66.4 Å². The molecule has 1 N–H and O–H groups in total. The number of hydrogen-bond acceptors (Lipinski definition) is 1. The highest BCUT2D eigenvalue weighted by atomic mass is 16.2. The number of amides is 1. The zero-order valence-electron chi connectivity index (χ0n) is 11.6. The Morgan fingerprint density at radius 1 is 1.00 bits per heavy atom. The summed E-state index contributed by atoms with van der Waals surface area (Å²) in [5.41, 5.74) is 2.93. The Labute approximate surface area is 123 Å². The van der Waals surface area contributed by atoms with Gasteiger partial charge >= 0.3 is 6.03 Å². The van der Waals surface area contributed by atoms with Crippen LogP contribution in [0.5, 0.6) is 0 Å². The Bertz CT molecular complexity index is 800. The van der Waals surface area contributed by atoms with Crippen LogP contribution in [0.15, 0.2) is 60.7 Å². The van der Waals surface area contributed by atoms with Crippen LogP contribution in [0, 0.1) is 0 Å². The van der Waals surface area contributed by atoms with Crippen molar-refractivity contribution in [2.45, 2.75) is 18.8 Å². The van der Waals surface area contributed by atoms with Gasteiger partial charge in [-0.1, -0.05) is 36.4 Å². The SMILES string of the molecule is O=C(Nc1ccccc1)n1c(C2CC2)cc2ccccc21. The van der Waals surface area contributed by atoms with E-state index in [1.807, 2.05) is 53.1 Å². The minimum atomic E-state index is -0.0794. The van der Waals surface area contributed by atoms with Gasteiger partial charge in [0.05, 0.1) is 5.52 Å². The van der Waals surface area contributed by atoms with Crippen LogP contribution in [0.4, 0.5) is 10.5 Å². The Morgan fingerprint density at radius 3 is 2.48 bits per heavy atom. The van der Waals surface area contributed by atoms with E-state index in [4.69, 9.17) is 0 Å². The summed E-state index contributed by atoms with van der Waals surface area (Å²) in [6.45, 7) is 0. The van der Waals surface area contributed by atoms with Gasteiger partial charge in [0.1, 0.15) is 0 Å². The van der Waals surface area contributed by atoms with E-state index in [0.717, 1.165) is 22.3 Å². The van der Waals surface area contributed by atoms with Crippen molar-refractivity contribution < 1.29 is 4.79 Å². The molecule has 2 aromatic carbocycles.